The lowest BCUT2D eigenvalue weighted by Crippen LogP contribution is -2.27. The number of benzene rings is 1. The largest absolute Gasteiger partial charge is 0.495 e. The van der Waals surface area contributed by atoms with Crippen LogP contribution in [0.3, 0.4) is 0 Å². The Kier molecular flexibility index (Phi) is 4.55. The molecule has 100 valence electrons. The molecule has 0 aliphatic heterocycles. The van der Waals surface area contributed by atoms with Gasteiger partial charge in [-0.2, -0.15) is 0 Å². The maximum atomic E-state index is 11.7. The minimum absolute atomic E-state index is 0.0124. The molecule has 0 saturated carbocycles. The molecule has 0 fully saturated rings. The predicted molar refractivity (Wildman–Crippen MR) is 71.7 cm³/mol. The third kappa shape index (κ3) is 4.63. The Morgan fingerprint density at radius 2 is 2.06 bits per heavy atom. The zero-order chi connectivity index (χ0) is 13.8. The molecule has 1 aromatic rings. The molecular weight excluding hydrogens is 232 g/mol. The van der Waals surface area contributed by atoms with Gasteiger partial charge in [-0.15, -0.1) is 0 Å². The quantitative estimate of drug-likeness (QED) is 0.804. The minimum atomic E-state index is -0.350. The van der Waals surface area contributed by atoms with Crippen LogP contribution in [0.15, 0.2) is 18.2 Å². The summed E-state index contributed by atoms with van der Waals surface area (Å²) in [5.41, 5.74) is 6.41. The lowest BCUT2D eigenvalue weighted by Gasteiger charge is -2.19. The number of anilines is 2. The summed E-state index contributed by atoms with van der Waals surface area (Å²) in [5.74, 6) is 0.321. The fourth-order valence-corrected chi connectivity index (χ4v) is 1.29. The normalized spacial score (nSPS) is 11.1. The Bertz CT molecular complexity index is 425. The SMILES string of the molecule is COc1ccc(N)cc1NC(=O)COC(C)(C)C. The molecule has 0 heterocycles. The van der Waals surface area contributed by atoms with E-state index in [1.54, 1.807) is 18.2 Å². The molecule has 1 aromatic carbocycles. The lowest BCUT2D eigenvalue weighted by atomic mass is 10.2. The lowest BCUT2D eigenvalue weighted by molar-refractivity contribution is -0.125. The Balaban J connectivity index is 2.66. The average Bonchev–Trinajstić information content (AvgIpc) is 2.26. The Morgan fingerprint density at radius 3 is 2.61 bits per heavy atom. The van der Waals surface area contributed by atoms with Gasteiger partial charge in [0.2, 0.25) is 5.91 Å². The fraction of sp³-hybridized carbons (Fsp3) is 0.462. The highest BCUT2D eigenvalue weighted by Crippen LogP contribution is 2.26. The van der Waals surface area contributed by atoms with Crippen LogP contribution in [0.4, 0.5) is 11.4 Å². The number of methoxy groups -OCH3 is 1. The van der Waals surface area contributed by atoms with E-state index in [2.05, 4.69) is 5.32 Å². The van der Waals surface area contributed by atoms with E-state index in [4.69, 9.17) is 15.2 Å². The zero-order valence-corrected chi connectivity index (χ0v) is 11.2. The van der Waals surface area contributed by atoms with Crippen molar-refractivity contribution in [1.82, 2.24) is 0 Å². The number of ether oxygens (including phenoxy) is 2. The number of carbonyl (C=O) groups is 1. The van der Waals surface area contributed by atoms with Crippen LogP contribution in [-0.4, -0.2) is 25.2 Å². The Labute approximate surface area is 107 Å². The molecule has 3 N–H and O–H groups in total. The highest BCUT2D eigenvalue weighted by atomic mass is 16.5. The third-order valence-corrected chi connectivity index (χ3v) is 2.13. The Morgan fingerprint density at radius 1 is 1.39 bits per heavy atom. The highest BCUT2D eigenvalue weighted by Gasteiger charge is 2.14. The monoisotopic (exact) mass is 252 g/mol. The summed E-state index contributed by atoms with van der Waals surface area (Å²) < 4.78 is 10.5. The van der Waals surface area contributed by atoms with Crippen LogP contribution in [0.25, 0.3) is 0 Å². The van der Waals surface area contributed by atoms with Crippen molar-refractivity contribution in [2.45, 2.75) is 26.4 Å². The van der Waals surface area contributed by atoms with Gasteiger partial charge in [-0.05, 0) is 39.0 Å². The summed E-state index contributed by atoms with van der Waals surface area (Å²) in [6, 6.07) is 5.06. The molecule has 0 spiro atoms. The van der Waals surface area contributed by atoms with Gasteiger partial charge in [0.15, 0.2) is 0 Å². The van der Waals surface area contributed by atoms with Crippen molar-refractivity contribution < 1.29 is 14.3 Å². The number of nitrogens with one attached hydrogen (secondary N) is 1. The number of hydrogen-bond donors (Lipinski definition) is 2. The summed E-state index contributed by atoms with van der Waals surface area (Å²) in [6.07, 6.45) is 0. The van der Waals surface area contributed by atoms with Gasteiger partial charge in [0.1, 0.15) is 12.4 Å². The van der Waals surface area contributed by atoms with Crippen molar-refractivity contribution in [2.24, 2.45) is 0 Å². The number of nitrogens with two attached hydrogens (primary N) is 1. The second kappa shape index (κ2) is 5.73. The maximum Gasteiger partial charge on any atom is 0.250 e. The molecule has 5 nitrogen and oxygen atoms in total. The van der Waals surface area contributed by atoms with Crippen LogP contribution in [0, 0.1) is 0 Å². The molecule has 18 heavy (non-hydrogen) atoms. The molecule has 0 bridgehead atoms. The standard InChI is InChI=1S/C13H20N2O3/c1-13(2,3)18-8-12(16)15-10-7-9(14)5-6-11(10)17-4/h5-7H,8,14H2,1-4H3,(H,15,16). The summed E-state index contributed by atoms with van der Waals surface area (Å²) in [7, 11) is 1.53. The highest BCUT2D eigenvalue weighted by molar-refractivity contribution is 5.93. The van der Waals surface area contributed by atoms with Crippen molar-refractivity contribution in [3.8, 4) is 5.75 Å². The van der Waals surface area contributed by atoms with Gasteiger partial charge in [-0.25, -0.2) is 0 Å². The summed E-state index contributed by atoms with van der Waals surface area (Å²) >= 11 is 0. The minimum Gasteiger partial charge on any atom is -0.495 e. The third-order valence-electron chi connectivity index (χ3n) is 2.13. The Hall–Kier alpha value is -1.75. The molecule has 0 radical (unpaired) electrons. The first-order chi connectivity index (χ1) is 8.31. The van der Waals surface area contributed by atoms with E-state index >= 15 is 0 Å². The first-order valence-electron chi connectivity index (χ1n) is 5.69. The van der Waals surface area contributed by atoms with Gasteiger partial charge in [-0.3, -0.25) is 4.79 Å². The fourth-order valence-electron chi connectivity index (χ4n) is 1.29. The number of rotatable bonds is 4. The van der Waals surface area contributed by atoms with Crippen LogP contribution >= 0.6 is 0 Å². The van der Waals surface area contributed by atoms with Crippen LogP contribution in [0.5, 0.6) is 5.75 Å². The number of carbonyl (C=O) groups excluding carboxylic acids is 1. The molecule has 0 atom stereocenters. The molecule has 0 aliphatic rings. The first-order valence-corrected chi connectivity index (χ1v) is 5.69. The molecular formula is C13H20N2O3. The molecule has 0 saturated heterocycles. The molecule has 5 heteroatoms. The van der Waals surface area contributed by atoms with Gasteiger partial charge in [0, 0.05) is 5.69 Å². The molecule has 1 amide bonds. The number of amides is 1. The smallest absolute Gasteiger partial charge is 0.250 e. The maximum absolute atomic E-state index is 11.7. The summed E-state index contributed by atoms with van der Waals surface area (Å²) in [4.78, 5) is 11.7. The van der Waals surface area contributed by atoms with E-state index in [1.807, 2.05) is 20.8 Å². The second-order valence-electron chi connectivity index (χ2n) is 4.91. The predicted octanol–water partition coefficient (Wildman–Crippen LogP) is 2.03. The van der Waals surface area contributed by atoms with E-state index in [0.29, 0.717) is 17.1 Å². The van der Waals surface area contributed by atoms with Crippen molar-refractivity contribution >= 4 is 17.3 Å². The molecule has 0 unspecified atom stereocenters. The van der Waals surface area contributed by atoms with Crippen LogP contribution in [0.2, 0.25) is 0 Å². The average molecular weight is 252 g/mol. The second-order valence-corrected chi connectivity index (χ2v) is 4.91. The van der Waals surface area contributed by atoms with Crippen molar-refractivity contribution in [2.75, 3.05) is 24.8 Å². The van der Waals surface area contributed by atoms with Gasteiger partial charge in [0.25, 0.3) is 0 Å². The summed E-state index contributed by atoms with van der Waals surface area (Å²) in [6.45, 7) is 5.66. The van der Waals surface area contributed by atoms with Crippen LogP contribution in [0.1, 0.15) is 20.8 Å². The van der Waals surface area contributed by atoms with E-state index in [0.717, 1.165) is 0 Å². The molecule has 0 aliphatic carbocycles. The topological polar surface area (TPSA) is 73.6 Å². The van der Waals surface area contributed by atoms with Crippen molar-refractivity contribution in [3.05, 3.63) is 18.2 Å². The van der Waals surface area contributed by atoms with E-state index in [-0.39, 0.29) is 18.1 Å². The molecule has 1 rings (SSSR count). The number of hydrogen-bond acceptors (Lipinski definition) is 4. The van der Waals surface area contributed by atoms with Crippen LogP contribution in [-0.2, 0) is 9.53 Å². The van der Waals surface area contributed by atoms with E-state index < -0.39 is 0 Å². The van der Waals surface area contributed by atoms with Crippen molar-refractivity contribution in [1.29, 1.82) is 0 Å². The van der Waals surface area contributed by atoms with E-state index in [1.165, 1.54) is 7.11 Å². The van der Waals surface area contributed by atoms with E-state index in [9.17, 15) is 4.79 Å². The number of nitrogen functional groups attached to an aromatic ring is 1. The first kappa shape index (κ1) is 14.3. The van der Waals surface area contributed by atoms with Gasteiger partial charge in [-0.1, -0.05) is 0 Å². The molecule has 0 aromatic heterocycles. The van der Waals surface area contributed by atoms with Gasteiger partial charge in [0.05, 0.1) is 18.4 Å². The van der Waals surface area contributed by atoms with Gasteiger partial charge < -0.3 is 20.5 Å². The zero-order valence-electron chi connectivity index (χ0n) is 11.2. The van der Waals surface area contributed by atoms with Gasteiger partial charge >= 0.3 is 0 Å². The van der Waals surface area contributed by atoms with Crippen LogP contribution < -0.4 is 15.8 Å². The summed E-state index contributed by atoms with van der Waals surface area (Å²) in [5, 5.41) is 2.71. The van der Waals surface area contributed by atoms with Crippen molar-refractivity contribution in [3.63, 3.8) is 0 Å².